The number of hydrogen-bond donors (Lipinski definition) is 1. The smallest absolute Gasteiger partial charge is 0.248 e. The van der Waals surface area contributed by atoms with Gasteiger partial charge in [-0.05, 0) is 31.9 Å². The van der Waals surface area contributed by atoms with Crippen molar-refractivity contribution < 1.29 is 19.1 Å². The van der Waals surface area contributed by atoms with Gasteiger partial charge >= 0.3 is 0 Å². The number of nitrogens with zero attached hydrogens (tertiary/aromatic N) is 1. The Morgan fingerprint density at radius 1 is 1.33 bits per heavy atom. The van der Waals surface area contributed by atoms with Gasteiger partial charge in [-0.15, -0.1) is 11.8 Å². The summed E-state index contributed by atoms with van der Waals surface area (Å²) in [7, 11) is 3.13. The number of rotatable bonds is 4. The summed E-state index contributed by atoms with van der Waals surface area (Å²) in [6, 6.07) is 3.14. The molecule has 0 spiro atoms. The Morgan fingerprint density at radius 2 is 2.00 bits per heavy atom. The highest BCUT2D eigenvalue weighted by Crippen LogP contribution is 2.47. The van der Waals surface area contributed by atoms with E-state index in [0.717, 1.165) is 12.0 Å². The number of carbonyl (C=O) groups excluding carboxylic acids is 2. The number of anilines is 1. The van der Waals surface area contributed by atoms with E-state index in [0.29, 0.717) is 29.4 Å². The number of benzene rings is 1. The summed E-state index contributed by atoms with van der Waals surface area (Å²) in [5.74, 6) is 1.71. The average Bonchev–Trinajstić information content (AvgIpc) is 3.05. The number of thioether (sulfide) groups is 1. The molecule has 7 heteroatoms. The Morgan fingerprint density at radius 3 is 2.67 bits per heavy atom. The molecule has 3 rings (SSSR count). The van der Waals surface area contributed by atoms with Crippen LogP contribution in [-0.4, -0.2) is 47.6 Å². The molecule has 0 aliphatic carbocycles. The molecule has 0 aromatic heterocycles. The topological polar surface area (TPSA) is 67.9 Å². The van der Waals surface area contributed by atoms with E-state index in [1.54, 1.807) is 36.9 Å². The Kier molecular flexibility index (Phi) is 4.38. The fraction of sp³-hybridized carbons (Fsp3) is 0.529. The van der Waals surface area contributed by atoms with Gasteiger partial charge in [0.1, 0.15) is 6.04 Å². The first-order valence-electron chi connectivity index (χ1n) is 7.89. The highest BCUT2D eigenvalue weighted by Gasteiger charge is 2.52. The number of hydrogen-bond acceptors (Lipinski definition) is 5. The third kappa shape index (κ3) is 2.70. The molecular weight excluding hydrogens is 328 g/mol. The fourth-order valence-electron chi connectivity index (χ4n) is 3.35. The predicted octanol–water partition coefficient (Wildman–Crippen LogP) is 2.40. The van der Waals surface area contributed by atoms with Gasteiger partial charge in [0, 0.05) is 23.9 Å². The van der Waals surface area contributed by atoms with Gasteiger partial charge in [-0.25, -0.2) is 0 Å². The third-order valence-corrected chi connectivity index (χ3v) is 6.24. The first kappa shape index (κ1) is 17.0. The highest BCUT2D eigenvalue weighted by molar-refractivity contribution is 8.01. The Bertz CT molecular complexity index is 693. The molecule has 130 valence electrons. The average molecular weight is 350 g/mol. The largest absolute Gasteiger partial charge is 0.493 e. The van der Waals surface area contributed by atoms with E-state index in [-0.39, 0.29) is 16.7 Å². The number of ether oxygens (including phenoxy) is 2. The van der Waals surface area contributed by atoms with Gasteiger partial charge in [0.25, 0.3) is 0 Å². The molecule has 24 heavy (non-hydrogen) atoms. The number of amides is 2. The molecule has 2 aliphatic heterocycles. The maximum atomic E-state index is 12.8. The van der Waals surface area contributed by atoms with Crippen molar-refractivity contribution in [2.24, 2.45) is 0 Å². The molecule has 2 atom stereocenters. The van der Waals surface area contributed by atoms with Crippen molar-refractivity contribution >= 4 is 29.3 Å². The van der Waals surface area contributed by atoms with Crippen LogP contribution in [0.1, 0.15) is 25.3 Å². The van der Waals surface area contributed by atoms with Crippen LogP contribution in [0.3, 0.4) is 0 Å². The Balaban J connectivity index is 1.82. The quantitative estimate of drug-likeness (QED) is 0.903. The minimum Gasteiger partial charge on any atom is -0.493 e. The van der Waals surface area contributed by atoms with E-state index >= 15 is 0 Å². The summed E-state index contributed by atoms with van der Waals surface area (Å²) in [5.41, 5.74) is 1.55. The van der Waals surface area contributed by atoms with Crippen molar-refractivity contribution in [1.82, 2.24) is 4.90 Å². The summed E-state index contributed by atoms with van der Waals surface area (Å²) in [6.07, 6.45) is 1.32. The molecule has 6 nitrogen and oxygen atoms in total. The maximum absolute atomic E-state index is 12.8. The van der Waals surface area contributed by atoms with Gasteiger partial charge in [0.2, 0.25) is 11.8 Å². The molecule has 2 amide bonds. The monoisotopic (exact) mass is 350 g/mol. The zero-order valence-electron chi connectivity index (χ0n) is 14.3. The van der Waals surface area contributed by atoms with Gasteiger partial charge in [-0.1, -0.05) is 0 Å². The molecular formula is C17H22N2O4S. The second-order valence-corrected chi connectivity index (χ2v) is 7.78. The summed E-state index contributed by atoms with van der Waals surface area (Å²) < 4.78 is 10.6. The maximum Gasteiger partial charge on any atom is 0.248 e. The van der Waals surface area contributed by atoms with E-state index < -0.39 is 6.04 Å². The van der Waals surface area contributed by atoms with Crippen molar-refractivity contribution in [2.45, 2.75) is 37.6 Å². The molecule has 0 saturated carbocycles. The number of nitrogens with one attached hydrogen (secondary N) is 1. The molecule has 2 fully saturated rings. The van der Waals surface area contributed by atoms with Crippen molar-refractivity contribution in [3.05, 3.63) is 17.7 Å². The summed E-state index contributed by atoms with van der Waals surface area (Å²) >= 11 is 1.68. The van der Waals surface area contributed by atoms with Gasteiger partial charge in [0.15, 0.2) is 11.5 Å². The molecule has 2 saturated heterocycles. The summed E-state index contributed by atoms with van der Waals surface area (Å²) in [6.45, 7) is 3.93. The highest BCUT2D eigenvalue weighted by atomic mass is 32.2. The molecule has 2 aliphatic rings. The Labute approximate surface area is 145 Å². The van der Waals surface area contributed by atoms with Gasteiger partial charge in [-0.3, -0.25) is 9.59 Å². The van der Waals surface area contributed by atoms with Crippen LogP contribution in [0.25, 0.3) is 0 Å². The van der Waals surface area contributed by atoms with E-state index in [4.69, 9.17) is 9.47 Å². The van der Waals surface area contributed by atoms with E-state index in [1.807, 2.05) is 19.9 Å². The summed E-state index contributed by atoms with van der Waals surface area (Å²) in [4.78, 5) is 26.4. The molecule has 1 aromatic carbocycles. The van der Waals surface area contributed by atoms with Crippen molar-refractivity contribution in [3.8, 4) is 11.5 Å². The number of aryl methyl sites for hydroxylation is 1. The van der Waals surface area contributed by atoms with Crippen LogP contribution < -0.4 is 14.8 Å². The van der Waals surface area contributed by atoms with Gasteiger partial charge < -0.3 is 19.7 Å². The normalized spacial score (nSPS) is 25.6. The lowest BCUT2D eigenvalue weighted by Crippen LogP contribution is -2.48. The van der Waals surface area contributed by atoms with Gasteiger partial charge in [0.05, 0.1) is 19.1 Å². The van der Waals surface area contributed by atoms with Gasteiger partial charge in [-0.2, -0.15) is 0 Å². The van der Waals surface area contributed by atoms with Crippen LogP contribution in [0, 0.1) is 6.92 Å². The van der Waals surface area contributed by atoms with E-state index in [9.17, 15) is 9.59 Å². The second kappa shape index (κ2) is 6.20. The minimum absolute atomic E-state index is 0.0617. The first-order chi connectivity index (χ1) is 11.4. The zero-order valence-corrected chi connectivity index (χ0v) is 15.2. The fourth-order valence-corrected chi connectivity index (χ4v) is 4.78. The van der Waals surface area contributed by atoms with Crippen molar-refractivity contribution in [1.29, 1.82) is 0 Å². The molecule has 0 bridgehead atoms. The van der Waals surface area contributed by atoms with Crippen LogP contribution in [0.2, 0.25) is 0 Å². The summed E-state index contributed by atoms with van der Waals surface area (Å²) in [5, 5.41) is 2.95. The van der Waals surface area contributed by atoms with Crippen LogP contribution in [0.15, 0.2) is 12.1 Å². The van der Waals surface area contributed by atoms with E-state index in [1.165, 1.54) is 0 Å². The Hall–Kier alpha value is -1.89. The number of carbonyl (C=O) groups is 2. The van der Waals surface area contributed by atoms with Crippen LogP contribution in [0.5, 0.6) is 11.5 Å². The minimum atomic E-state index is -0.428. The number of fused-ring (bicyclic) bond motifs is 1. The lowest BCUT2D eigenvalue weighted by atomic mass is 10.1. The van der Waals surface area contributed by atoms with Crippen LogP contribution in [0.4, 0.5) is 5.69 Å². The SMILES string of the molecule is COc1cc(C)c(NC(=O)[C@@H]2CS[C@@]3(C)CCC(=O)N23)cc1OC. The van der Waals surface area contributed by atoms with E-state index in [2.05, 4.69) is 5.32 Å². The molecule has 1 N–H and O–H groups in total. The molecule has 0 unspecified atom stereocenters. The lowest BCUT2D eigenvalue weighted by molar-refractivity contribution is -0.135. The second-order valence-electron chi connectivity index (χ2n) is 6.28. The molecule has 2 heterocycles. The third-order valence-electron chi connectivity index (χ3n) is 4.74. The predicted molar refractivity (Wildman–Crippen MR) is 93.6 cm³/mol. The molecule has 1 aromatic rings. The lowest BCUT2D eigenvalue weighted by Gasteiger charge is -2.30. The first-order valence-corrected chi connectivity index (χ1v) is 8.88. The van der Waals surface area contributed by atoms with Crippen molar-refractivity contribution in [2.75, 3.05) is 25.3 Å². The van der Waals surface area contributed by atoms with Crippen LogP contribution in [-0.2, 0) is 9.59 Å². The van der Waals surface area contributed by atoms with Crippen molar-refractivity contribution in [3.63, 3.8) is 0 Å². The standard InChI is InChI=1S/C17H22N2O4S/c1-10-7-13(22-3)14(23-4)8-11(10)18-16(21)12-9-24-17(2)6-5-15(20)19(12)17/h7-8,12H,5-6,9H2,1-4H3,(H,18,21)/t12-,17-/m0/s1. The molecule has 0 radical (unpaired) electrons. The number of methoxy groups -OCH3 is 2. The zero-order chi connectivity index (χ0) is 17.5. The van der Waals surface area contributed by atoms with Crippen LogP contribution >= 0.6 is 11.8 Å².